The molecule has 0 bridgehead atoms. The lowest BCUT2D eigenvalue weighted by atomic mass is 10.1. The third-order valence-corrected chi connectivity index (χ3v) is 6.94. The van der Waals surface area contributed by atoms with Crippen molar-refractivity contribution < 1.29 is 33.0 Å². The highest BCUT2D eigenvalue weighted by Crippen LogP contribution is 2.33. The van der Waals surface area contributed by atoms with Crippen molar-refractivity contribution in [3.63, 3.8) is 0 Å². The van der Waals surface area contributed by atoms with Crippen LogP contribution in [0.4, 0.5) is 14.5 Å². The van der Waals surface area contributed by atoms with Crippen molar-refractivity contribution in [2.24, 2.45) is 4.99 Å². The highest BCUT2D eigenvalue weighted by molar-refractivity contribution is 8.14. The van der Waals surface area contributed by atoms with Gasteiger partial charge in [-0.25, -0.2) is 4.99 Å². The van der Waals surface area contributed by atoms with Crippen LogP contribution in [0.3, 0.4) is 0 Å². The molecular weight excluding hydrogens is 516 g/mol. The standard InChI is InChI=1S/C27H29F2N3O5S/c1-2-36-23-16-18(7-12-22(23)33)15-21-25(35)32(19-8-10-20(11-9-19)37-26(28)29)27(30-21)38-17-24(34)31-13-5-3-4-6-14-31/h7-12,15-16,26,33H,2-6,13-14,17H2,1H3/b21-15-. The van der Waals surface area contributed by atoms with E-state index in [-0.39, 0.29) is 34.6 Å². The molecule has 1 N–H and O–H groups in total. The van der Waals surface area contributed by atoms with Gasteiger partial charge in [0.25, 0.3) is 5.91 Å². The van der Waals surface area contributed by atoms with E-state index in [0.717, 1.165) is 37.4 Å². The second-order valence-electron chi connectivity index (χ2n) is 8.68. The number of rotatable bonds is 8. The van der Waals surface area contributed by atoms with Gasteiger partial charge in [-0.3, -0.25) is 14.5 Å². The van der Waals surface area contributed by atoms with Crippen molar-refractivity contribution in [2.45, 2.75) is 39.2 Å². The van der Waals surface area contributed by atoms with E-state index in [4.69, 9.17) is 4.74 Å². The van der Waals surface area contributed by atoms with Crippen LogP contribution in [-0.4, -0.2) is 59.0 Å². The van der Waals surface area contributed by atoms with Gasteiger partial charge in [-0.05, 0) is 67.8 Å². The number of amidine groups is 1. The molecule has 2 aliphatic heterocycles. The number of ether oxygens (including phenoxy) is 2. The Hall–Kier alpha value is -3.60. The molecular formula is C27H29F2N3O5S. The molecule has 1 fully saturated rings. The lowest BCUT2D eigenvalue weighted by Crippen LogP contribution is -2.35. The number of likely N-dealkylation sites (tertiary alicyclic amines) is 1. The molecule has 202 valence electrons. The van der Waals surface area contributed by atoms with Crippen LogP contribution < -0.4 is 14.4 Å². The van der Waals surface area contributed by atoms with Gasteiger partial charge < -0.3 is 19.5 Å². The van der Waals surface area contributed by atoms with E-state index in [1.165, 1.54) is 35.2 Å². The van der Waals surface area contributed by atoms with Crippen LogP contribution in [0.15, 0.2) is 53.2 Å². The van der Waals surface area contributed by atoms with E-state index in [2.05, 4.69) is 9.73 Å². The molecule has 2 aromatic rings. The summed E-state index contributed by atoms with van der Waals surface area (Å²) in [4.78, 5) is 34.1. The Morgan fingerprint density at radius 3 is 2.50 bits per heavy atom. The van der Waals surface area contributed by atoms with Gasteiger partial charge in [0.15, 0.2) is 16.7 Å². The number of hydrogen-bond donors (Lipinski definition) is 1. The first-order valence-corrected chi connectivity index (χ1v) is 13.4. The predicted octanol–water partition coefficient (Wildman–Crippen LogP) is 5.27. The van der Waals surface area contributed by atoms with Gasteiger partial charge in [-0.1, -0.05) is 30.7 Å². The molecule has 4 rings (SSSR count). The summed E-state index contributed by atoms with van der Waals surface area (Å²) in [5, 5.41) is 10.3. The van der Waals surface area contributed by atoms with Gasteiger partial charge in [-0.2, -0.15) is 8.78 Å². The number of carbonyl (C=O) groups excluding carboxylic acids is 2. The number of aliphatic imine (C=N–C) groups is 1. The van der Waals surface area contributed by atoms with Crippen molar-refractivity contribution in [1.29, 1.82) is 0 Å². The average Bonchev–Trinajstić information content (AvgIpc) is 3.05. The maximum atomic E-state index is 13.5. The van der Waals surface area contributed by atoms with Gasteiger partial charge >= 0.3 is 6.61 Å². The zero-order valence-corrected chi connectivity index (χ0v) is 21.8. The van der Waals surface area contributed by atoms with Gasteiger partial charge in [0.2, 0.25) is 5.91 Å². The van der Waals surface area contributed by atoms with Crippen molar-refractivity contribution in [1.82, 2.24) is 4.90 Å². The summed E-state index contributed by atoms with van der Waals surface area (Å²) in [6.45, 7) is 0.618. The van der Waals surface area contributed by atoms with Crippen LogP contribution in [0, 0.1) is 0 Å². The quantitative estimate of drug-likeness (QED) is 0.455. The van der Waals surface area contributed by atoms with Gasteiger partial charge in [0.1, 0.15) is 11.4 Å². The van der Waals surface area contributed by atoms with Crippen LogP contribution in [0.2, 0.25) is 0 Å². The molecule has 0 aliphatic carbocycles. The fraction of sp³-hybridized carbons (Fsp3) is 0.370. The number of carbonyl (C=O) groups is 2. The molecule has 8 nitrogen and oxygen atoms in total. The summed E-state index contributed by atoms with van der Waals surface area (Å²) in [7, 11) is 0. The molecule has 0 atom stereocenters. The highest BCUT2D eigenvalue weighted by Gasteiger charge is 2.33. The molecule has 2 aromatic carbocycles. The number of hydrogen-bond acceptors (Lipinski definition) is 7. The lowest BCUT2D eigenvalue weighted by Gasteiger charge is -2.21. The number of halogens is 2. The summed E-state index contributed by atoms with van der Waals surface area (Å²) in [6, 6.07) is 10.4. The Balaban J connectivity index is 1.60. The zero-order valence-electron chi connectivity index (χ0n) is 20.9. The van der Waals surface area contributed by atoms with E-state index in [1.807, 2.05) is 4.90 Å². The Morgan fingerprint density at radius 1 is 1.13 bits per heavy atom. The number of phenolic OH excluding ortho intramolecular Hbond substituents is 1. The molecule has 2 heterocycles. The Bertz CT molecular complexity index is 1210. The third-order valence-electron chi connectivity index (χ3n) is 6.02. The predicted molar refractivity (Wildman–Crippen MR) is 143 cm³/mol. The number of thioether (sulfide) groups is 1. The first kappa shape index (κ1) is 27.4. The summed E-state index contributed by atoms with van der Waals surface area (Å²) in [5.41, 5.74) is 1.11. The van der Waals surface area contributed by atoms with Crippen LogP contribution >= 0.6 is 11.8 Å². The summed E-state index contributed by atoms with van der Waals surface area (Å²) in [5.74, 6) is -0.142. The second-order valence-corrected chi connectivity index (χ2v) is 9.62. The molecule has 0 radical (unpaired) electrons. The molecule has 0 saturated carbocycles. The number of alkyl halides is 2. The molecule has 0 spiro atoms. The largest absolute Gasteiger partial charge is 0.504 e. The van der Waals surface area contributed by atoms with Crippen molar-refractivity contribution >= 4 is 40.5 Å². The Labute approximate surface area is 223 Å². The molecule has 1 saturated heterocycles. The third kappa shape index (κ3) is 6.83. The molecule has 38 heavy (non-hydrogen) atoms. The highest BCUT2D eigenvalue weighted by atomic mass is 32.2. The minimum Gasteiger partial charge on any atom is -0.504 e. The molecule has 0 unspecified atom stereocenters. The van der Waals surface area contributed by atoms with Gasteiger partial charge in [0.05, 0.1) is 18.0 Å². The molecule has 2 amide bonds. The Kier molecular flexibility index (Phi) is 9.22. The van der Waals surface area contributed by atoms with Crippen LogP contribution in [0.5, 0.6) is 17.2 Å². The van der Waals surface area contributed by atoms with E-state index in [0.29, 0.717) is 36.1 Å². The van der Waals surface area contributed by atoms with Crippen molar-refractivity contribution in [3.05, 3.63) is 53.7 Å². The number of nitrogens with zero attached hydrogens (tertiary/aromatic N) is 3. The summed E-state index contributed by atoms with van der Waals surface area (Å²) < 4.78 is 35.0. The van der Waals surface area contributed by atoms with Gasteiger partial charge in [0, 0.05) is 13.1 Å². The fourth-order valence-electron chi connectivity index (χ4n) is 4.18. The fourth-order valence-corrected chi connectivity index (χ4v) is 5.10. The normalized spacial score (nSPS) is 17.1. The number of phenols is 1. The van der Waals surface area contributed by atoms with Gasteiger partial charge in [-0.15, -0.1) is 0 Å². The molecule has 2 aliphatic rings. The number of anilines is 1. The van der Waals surface area contributed by atoms with E-state index in [9.17, 15) is 23.5 Å². The maximum Gasteiger partial charge on any atom is 0.387 e. The van der Waals surface area contributed by atoms with Crippen LogP contribution in [0.1, 0.15) is 38.2 Å². The maximum absolute atomic E-state index is 13.5. The number of amides is 2. The minimum absolute atomic E-state index is 0.0220. The van der Waals surface area contributed by atoms with E-state index >= 15 is 0 Å². The zero-order chi connectivity index (χ0) is 27.1. The van der Waals surface area contributed by atoms with Crippen LogP contribution in [0.25, 0.3) is 6.08 Å². The first-order chi connectivity index (χ1) is 18.4. The first-order valence-electron chi connectivity index (χ1n) is 12.4. The van der Waals surface area contributed by atoms with Crippen molar-refractivity contribution in [2.75, 3.05) is 30.3 Å². The van der Waals surface area contributed by atoms with Crippen molar-refractivity contribution in [3.8, 4) is 17.2 Å². The topological polar surface area (TPSA) is 91.7 Å². The minimum atomic E-state index is -2.96. The molecule has 11 heteroatoms. The lowest BCUT2D eigenvalue weighted by molar-refractivity contribution is -0.128. The van der Waals surface area contributed by atoms with E-state index in [1.54, 1.807) is 25.1 Å². The average molecular weight is 546 g/mol. The summed E-state index contributed by atoms with van der Waals surface area (Å²) >= 11 is 1.15. The number of aromatic hydroxyl groups is 1. The Morgan fingerprint density at radius 2 is 1.84 bits per heavy atom. The van der Waals surface area contributed by atoms with Crippen LogP contribution in [-0.2, 0) is 9.59 Å². The summed E-state index contributed by atoms with van der Waals surface area (Å²) in [6.07, 6.45) is 5.72. The number of benzene rings is 2. The smallest absolute Gasteiger partial charge is 0.387 e. The van der Waals surface area contributed by atoms with E-state index < -0.39 is 12.5 Å². The second kappa shape index (κ2) is 12.8. The SMILES string of the molecule is CCOc1cc(/C=C2\N=C(SCC(=O)N3CCCCCC3)N(c3ccc(OC(F)F)cc3)C2=O)ccc1O. The monoisotopic (exact) mass is 545 g/mol. The molecule has 0 aromatic heterocycles.